The fourth-order valence-electron chi connectivity index (χ4n) is 1.42. The van der Waals surface area contributed by atoms with E-state index in [2.05, 4.69) is 10.1 Å². The summed E-state index contributed by atoms with van der Waals surface area (Å²) in [5.74, 6) is 0. The number of aromatic amines is 1. The van der Waals surface area contributed by atoms with Gasteiger partial charge in [0.2, 0.25) is 0 Å². The highest BCUT2D eigenvalue weighted by molar-refractivity contribution is 5.30. The second-order valence-electron chi connectivity index (χ2n) is 3.36. The van der Waals surface area contributed by atoms with Crippen molar-refractivity contribution < 1.29 is 0 Å². The number of nitriles is 1. The van der Waals surface area contributed by atoms with Crippen LogP contribution in [0.4, 0.5) is 0 Å². The van der Waals surface area contributed by atoms with Gasteiger partial charge in [0.15, 0.2) is 0 Å². The van der Waals surface area contributed by atoms with E-state index in [0.717, 1.165) is 10.7 Å². The maximum Gasteiger partial charge on any atom is 0.265 e. The van der Waals surface area contributed by atoms with Crippen LogP contribution >= 0.6 is 0 Å². The maximum atomic E-state index is 11.5. The van der Waals surface area contributed by atoms with Crippen LogP contribution in [0.3, 0.4) is 0 Å². The number of hydrogen-bond acceptors (Lipinski definition) is 4. The summed E-state index contributed by atoms with van der Waals surface area (Å²) in [5, 5.41) is 11.2. The quantitative estimate of drug-likeness (QED) is 0.773. The van der Waals surface area contributed by atoms with Crippen molar-refractivity contribution in [2.75, 3.05) is 0 Å². The van der Waals surface area contributed by atoms with Gasteiger partial charge in [-0.05, 0) is 6.07 Å². The third-order valence-electron chi connectivity index (χ3n) is 2.21. The van der Waals surface area contributed by atoms with Crippen LogP contribution in [-0.2, 0) is 6.54 Å². The Bertz CT molecular complexity index is 693. The maximum absolute atomic E-state index is 11.5. The molecule has 0 radical (unpaired) electrons. The van der Waals surface area contributed by atoms with Gasteiger partial charge < -0.3 is 0 Å². The van der Waals surface area contributed by atoms with Gasteiger partial charge in [-0.2, -0.15) is 5.26 Å². The van der Waals surface area contributed by atoms with E-state index in [-0.39, 0.29) is 23.4 Å². The number of rotatable bonds is 2. The zero-order valence-electron chi connectivity index (χ0n) is 8.75. The molecule has 0 saturated heterocycles. The average Bonchev–Trinajstić information content (AvgIpc) is 2.34. The Balaban J connectivity index is 2.45. The molecule has 2 aromatic rings. The largest absolute Gasteiger partial charge is 0.268 e. The fraction of sp³-hybridized carbons (Fsp3) is 0.0909. The number of nitrogens with one attached hydrogen (secondary N) is 1. The molecular formula is C11H8N4O2. The normalized spacial score (nSPS) is 9.82. The van der Waals surface area contributed by atoms with Crippen molar-refractivity contribution in [1.82, 2.24) is 14.8 Å². The molecule has 84 valence electrons. The number of H-pyrrole nitrogens is 1. The Morgan fingerprint density at radius 3 is 2.94 bits per heavy atom. The molecule has 0 aromatic carbocycles. The molecule has 0 bridgehead atoms. The predicted molar refractivity (Wildman–Crippen MR) is 59.4 cm³/mol. The van der Waals surface area contributed by atoms with Crippen LogP contribution in [0.2, 0.25) is 0 Å². The van der Waals surface area contributed by atoms with Gasteiger partial charge in [-0.15, -0.1) is 0 Å². The van der Waals surface area contributed by atoms with E-state index < -0.39 is 0 Å². The second kappa shape index (κ2) is 4.45. The lowest BCUT2D eigenvalue weighted by molar-refractivity contribution is 0.625. The highest BCUT2D eigenvalue weighted by atomic mass is 16.1. The standard InChI is InChI=1S/C11H8N4O2/c12-6-9-8(2-1-5-13-9)7-15-11(17)4-3-10(16)14-15/h1-5H,7H2,(H,14,16). The van der Waals surface area contributed by atoms with Gasteiger partial charge >= 0.3 is 0 Å². The molecule has 0 aliphatic rings. The molecule has 0 fully saturated rings. The van der Waals surface area contributed by atoms with Crippen molar-refractivity contribution in [3.8, 4) is 6.07 Å². The van der Waals surface area contributed by atoms with E-state index in [9.17, 15) is 9.59 Å². The molecule has 2 aromatic heterocycles. The summed E-state index contributed by atoms with van der Waals surface area (Å²) in [6, 6.07) is 7.63. The van der Waals surface area contributed by atoms with Crippen molar-refractivity contribution >= 4 is 0 Å². The van der Waals surface area contributed by atoms with Crippen LogP contribution in [0.15, 0.2) is 40.1 Å². The fourth-order valence-corrected chi connectivity index (χ4v) is 1.42. The van der Waals surface area contributed by atoms with Crippen molar-refractivity contribution in [2.24, 2.45) is 0 Å². The zero-order valence-corrected chi connectivity index (χ0v) is 8.75. The van der Waals surface area contributed by atoms with Gasteiger partial charge in [-0.3, -0.25) is 14.7 Å². The van der Waals surface area contributed by atoms with Crippen LogP contribution in [0.1, 0.15) is 11.3 Å². The first kappa shape index (κ1) is 10.8. The first-order chi connectivity index (χ1) is 8.20. The minimum Gasteiger partial charge on any atom is -0.268 e. The third-order valence-corrected chi connectivity index (χ3v) is 2.21. The topological polar surface area (TPSA) is 91.5 Å². The van der Waals surface area contributed by atoms with Gasteiger partial charge in [0.25, 0.3) is 11.1 Å². The van der Waals surface area contributed by atoms with E-state index in [4.69, 9.17) is 5.26 Å². The van der Waals surface area contributed by atoms with E-state index in [1.54, 1.807) is 12.1 Å². The van der Waals surface area contributed by atoms with E-state index in [1.165, 1.54) is 12.3 Å². The van der Waals surface area contributed by atoms with Gasteiger partial charge in [0.1, 0.15) is 11.8 Å². The lowest BCUT2D eigenvalue weighted by Gasteiger charge is -2.05. The van der Waals surface area contributed by atoms with Gasteiger partial charge in [-0.25, -0.2) is 9.67 Å². The molecule has 2 heterocycles. The Morgan fingerprint density at radius 2 is 2.18 bits per heavy atom. The summed E-state index contributed by atoms with van der Waals surface area (Å²) in [7, 11) is 0. The highest BCUT2D eigenvalue weighted by Crippen LogP contribution is 2.03. The molecular weight excluding hydrogens is 220 g/mol. The lowest BCUT2D eigenvalue weighted by Crippen LogP contribution is -2.28. The highest BCUT2D eigenvalue weighted by Gasteiger charge is 2.04. The molecule has 2 rings (SSSR count). The van der Waals surface area contributed by atoms with Gasteiger partial charge in [0.05, 0.1) is 6.54 Å². The molecule has 0 saturated carbocycles. The molecule has 6 heteroatoms. The van der Waals surface area contributed by atoms with Crippen molar-refractivity contribution in [2.45, 2.75) is 6.54 Å². The monoisotopic (exact) mass is 228 g/mol. The third kappa shape index (κ3) is 2.29. The van der Waals surface area contributed by atoms with E-state index in [0.29, 0.717) is 5.56 Å². The van der Waals surface area contributed by atoms with Crippen LogP contribution < -0.4 is 11.1 Å². The van der Waals surface area contributed by atoms with Gasteiger partial charge in [0, 0.05) is 23.9 Å². The molecule has 0 amide bonds. The lowest BCUT2D eigenvalue weighted by atomic mass is 10.2. The molecule has 0 aliphatic heterocycles. The Kier molecular flexibility index (Phi) is 2.83. The van der Waals surface area contributed by atoms with Crippen LogP contribution in [-0.4, -0.2) is 14.8 Å². The first-order valence-corrected chi connectivity index (χ1v) is 4.85. The Hall–Kier alpha value is -2.68. The molecule has 0 spiro atoms. The van der Waals surface area contributed by atoms with E-state index in [1.807, 2.05) is 6.07 Å². The van der Waals surface area contributed by atoms with Crippen LogP contribution in [0.25, 0.3) is 0 Å². The summed E-state index contributed by atoms with van der Waals surface area (Å²) in [6.07, 6.45) is 1.50. The summed E-state index contributed by atoms with van der Waals surface area (Å²) in [4.78, 5) is 26.4. The Morgan fingerprint density at radius 1 is 1.35 bits per heavy atom. The summed E-state index contributed by atoms with van der Waals surface area (Å²) >= 11 is 0. The number of nitrogens with zero attached hydrogens (tertiary/aromatic N) is 3. The van der Waals surface area contributed by atoms with Gasteiger partial charge in [-0.1, -0.05) is 6.07 Å². The minimum atomic E-state index is -0.369. The van der Waals surface area contributed by atoms with Crippen LogP contribution in [0, 0.1) is 11.3 Å². The minimum absolute atomic E-state index is 0.117. The number of aromatic nitrogens is 3. The predicted octanol–water partition coefficient (Wildman–Crippen LogP) is -0.148. The molecule has 0 aliphatic carbocycles. The first-order valence-electron chi connectivity index (χ1n) is 4.85. The molecule has 6 nitrogen and oxygen atoms in total. The second-order valence-corrected chi connectivity index (χ2v) is 3.36. The van der Waals surface area contributed by atoms with Crippen molar-refractivity contribution in [1.29, 1.82) is 5.26 Å². The molecule has 17 heavy (non-hydrogen) atoms. The van der Waals surface area contributed by atoms with E-state index >= 15 is 0 Å². The van der Waals surface area contributed by atoms with Crippen molar-refractivity contribution in [3.63, 3.8) is 0 Å². The van der Waals surface area contributed by atoms with Crippen molar-refractivity contribution in [3.05, 3.63) is 62.4 Å². The zero-order chi connectivity index (χ0) is 12.3. The number of pyridine rings is 1. The Labute approximate surface area is 95.8 Å². The molecule has 0 unspecified atom stereocenters. The summed E-state index contributed by atoms with van der Waals surface area (Å²) in [6.45, 7) is 0.117. The SMILES string of the molecule is N#Cc1ncccc1Cn1[nH]c(=O)ccc1=O. The molecule has 1 N–H and O–H groups in total. The molecule has 0 atom stereocenters. The summed E-state index contributed by atoms with van der Waals surface area (Å²) < 4.78 is 1.14. The number of hydrogen-bond donors (Lipinski definition) is 1. The average molecular weight is 228 g/mol. The van der Waals surface area contributed by atoms with Crippen LogP contribution in [0.5, 0.6) is 0 Å². The smallest absolute Gasteiger partial charge is 0.265 e. The summed E-state index contributed by atoms with van der Waals surface area (Å²) in [5.41, 5.74) is 0.118.